The molecule has 1 amide bonds. The number of ketones is 1. The van der Waals surface area contributed by atoms with Crippen molar-refractivity contribution in [3.63, 3.8) is 0 Å². The van der Waals surface area contributed by atoms with Crippen LogP contribution in [0.5, 0.6) is 0 Å². The van der Waals surface area contributed by atoms with Gasteiger partial charge in [0.2, 0.25) is 6.04 Å². The number of amides is 1. The first-order valence-corrected chi connectivity index (χ1v) is 8.11. The number of Topliss-reactive ketones (excluding diaryl/α,β-unsaturated/α-hetero) is 1. The lowest BCUT2D eigenvalue weighted by molar-refractivity contribution is -0.126. The van der Waals surface area contributed by atoms with Crippen LogP contribution in [-0.4, -0.2) is 38.8 Å². The number of aromatic nitrogens is 2. The number of imidazole rings is 1. The van der Waals surface area contributed by atoms with E-state index in [2.05, 4.69) is 25.5 Å². The molecule has 0 bridgehead atoms. The molecule has 0 aliphatic carbocycles. The number of nitrogens with one attached hydrogen (secondary N) is 3. The number of H-pyrrole nitrogens is 2. The van der Waals surface area contributed by atoms with E-state index >= 15 is 0 Å². The number of azo groups is 1. The van der Waals surface area contributed by atoms with Gasteiger partial charge < -0.3 is 20.4 Å². The van der Waals surface area contributed by atoms with E-state index in [0.717, 1.165) is 0 Å². The minimum Gasteiger partial charge on any atom is -0.478 e. The third-order valence-corrected chi connectivity index (χ3v) is 3.83. The van der Waals surface area contributed by atoms with Crippen molar-refractivity contribution in [3.05, 3.63) is 58.5 Å². The Labute approximate surface area is 157 Å². The molecule has 0 aliphatic rings. The summed E-state index contributed by atoms with van der Waals surface area (Å²) in [5, 5.41) is 19.2. The predicted octanol–water partition coefficient (Wildman–Crippen LogP) is 2.23. The van der Waals surface area contributed by atoms with E-state index in [-0.39, 0.29) is 16.9 Å². The normalized spacial score (nSPS) is 12.2. The largest absolute Gasteiger partial charge is 0.478 e. The van der Waals surface area contributed by atoms with Gasteiger partial charge in [0.1, 0.15) is 0 Å². The van der Waals surface area contributed by atoms with Gasteiger partial charge in [0, 0.05) is 5.69 Å². The molecule has 1 heterocycles. The molecule has 3 rings (SSSR count). The lowest BCUT2D eigenvalue weighted by Gasteiger charge is -2.09. The van der Waals surface area contributed by atoms with Crippen molar-refractivity contribution in [1.29, 1.82) is 0 Å². The quantitative estimate of drug-likeness (QED) is 0.380. The molecule has 0 saturated carbocycles. The van der Waals surface area contributed by atoms with Gasteiger partial charge >= 0.3 is 11.7 Å². The van der Waals surface area contributed by atoms with E-state index in [1.807, 2.05) is 0 Å². The molecule has 0 fully saturated rings. The molecule has 28 heavy (non-hydrogen) atoms. The number of carbonyl (C=O) groups is 3. The Morgan fingerprint density at radius 3 is 2.50 bits per heavy atom. The van der Waals surface area contributed by atoms with Gasteiger partial charge in [-0.3, -0.25) is 9.59 Å². The summed E-state index contributed by atoms with van der Waals surface area (Å²) >= 11 is 0. The van der Waals surface area contributed by atoms with Gasteiger partial charge in [-0.05, 0) is 37.3 Å². The van der Waals surface area contributed by atoms with E-state index in [4.69, 9.17) is 5.11 Å². The molecule has 2 aromatic carbocycles. The van der Waals surface area contributed by atoms with Crippen molar-refractivity contribution in [2.24, 2.45) is 10.2 Å². The third kappa shape index (κ3) is 4.01. The average molecular weight is 381 g/mol. The average Bonchev–Trinajstić information content (AvgIpc) is 3.01. The van der Waals surface area contributed by atoms with Crippen LogP contribution in [0.1, 0.15) is 17.3 Å². The fourth-order valence-electron chi connectivity index (χ4n) is 2.50. The maximum atomic E-state index is 12.5. The zero-order valence-electron chi connectivity index (χ0n) is 14.6. The smallest absolute Gasteiger partial charge is 0.337 e. The molecule has 0 unspecified atom stereocenters. The maximum Gasteiger partial charge on any atom is 0.337 e. The molecule has 0 saturated heterocycles. The summed E-state index contributed by atoms with van der Waals surface area (Å²) in [6.45, 7) is 1.18. The number of carboxylic acids is 1. The second-order valence-corrected chi connectivity index (χ2v) is 5.88. The van der Waals surface area contributed by atoms with Gasteiger partial charge in [0.05, 0.1) is 22.3 Å². The minimum absolute atomic E-state index is 0.0281. The summed E-state index contributed by atoms with van der Waals surface area (Å²) in [6, 6.07) is 9.07. The number of rotatable bonds is 6. The summed E-state index contributed by atoms with van der Waals surface area (Å²) in [5.74, 6) is -2.50. The van der Waals surface area contributed by atoms with Crippen LogP contribution in [0.3, 0.4) is 0 Å². The number of anilines is 1. The lowest BCUT2D eigenvalue weighted by atomic mass is 10.2. The first-order chi connectivity index (χ1) is 13.3. The van der Waals surface area contributed by atoms with E-state index in [9.17, 15) is 19.2 Å². The first kappa shape index (κ1) is 18.7. The van der Waals surface area contributed by atoms with Gasteiger partial charge in [0.15, 0.2) is 5.78 Å². The number of benzene rings is 2. The zero-order valence-corrected chi connectivity index (χ0v) is 14.6. The fraction of sp³-hybridized carbons (Fsp3) is 0.111. The Morgan fingerprint density at radius 1 is 1.07 bits per heavy atom. The topological polar surface area (TPSA) is 157 Å². The van der Waals surface area contributed by atoms with E-state index < -0.39 is 23.7 Å². The van der Waals surface area contributed by atoms with Gasteiger partial charge in [-0.25, -0.2) is 9.59 Å². The summed E-state index contributed by atoms with van der Waals surface area (Å²) in [5.41, 5.74) is 0.942. The molecule has 0 radical (unpaired) electrons. The molecule has 10 heteroatoms. The maximum absolute atomic E-state index is 12.5. The minimum atomic E-state index is -1.46. The van der Waals surface area contributed by atoms with Crippen molar-refractivity contribution >= 4 is 40.1 Å². The van der Waals surface area contributed by atoms with Crippen LogP contribution in [0.15, 0.2) is 57.5 Å². The standard InChI is InChI=1S/C18H15N5O5/c1-9(24)15(23-22-12-5-3-2-4-11(12)17(26)27)16(25)19-10-6-7-13-14(8-10)21-18(28)20-13/h2-8,15H,1H3,(H,19,25)(H,26,27)(H2,20,21,28)/t15-/m0/s1. The van der Waals surface area contributed by atoms with Crippen LogP contribution < -0.4 is 11.0 Å². The lowest BCUT2D eigenvalue weighted by Crippen LogP contribution is -2.31. The van der Waals surface area contributed by atoms with Gasteiger partial charge in [-0.2, -0.15) is 10.2 Å². The van der Waals surface area contributed by atoms with Gasteiger partial charge in [-0.1, -0.05) is 12.1 Å². The number of hydrogen-bond donors (Lipinski definition) is 4. The molecule has 1 atom stereocenters. The Kier molecular flexibility index (Phi) is 5.12. The summed E-state index contributed by atoms with van der Waals surface area (Å²) in [4.78, 5) is 51.9. The van der Waals surface area contributed by atoms with E-state index in [1.165, 1.54) is 31.2 Å². The summed E-state index contributed by atoms with van der Waals surface area (Å²) in [6.07, 6.45) is 0. The highest BCUT2D eigenvalue weighted by Gasteiger charge is 2.23. The highest BCUT2D eigenvalue weighted by Crippen LogP contribution is 2.20. The fourth-order valence-corrected chi connectivity index (χ4v) is 2.50. The molecule has 1 aromatic heterocycles. The molecule has 142 valence electrons. The Bertz CT molecular complexity index is 1160. The number of aromatic carboxylic acids is 1. The van der Waals surface area contributed by atoms with Crippen molar-refractivity contribution < 1.29 is 19.5 Å². The zero-order chi connectivity index (χ0) is 20.3. The molecule has 10 nitrogen and oxygen atoms in total. The Hall–Kier alpha value is -4.08. The van der Waals surface area contributed by atoms with Crippen LogP contribution >= 0.6 is 0 Å². The molecule has 0 spiro atoms. The monoisotopic (exact) mass is 381 g/mol. The van der Waals surface area contributed by atoms with E-state index in [1.54, 1.807) is 18.2 Å². The summed E-state index contributed by atoms with van der Waals surface area (Å²) in [7, 11) is 0. The van der Waals surface area contributed by atoms with Crippen molar-refractivity contribution in [3.8, 4) is 0 Å². The Morgan fingerprint density at radius 2 is 1.79 bits per heavy atom. The number of carboxylic acid groups (broad SMARTS) is 1. The van der Waals surface area contributed by atoms with Crippen molar-refractivity contribution in [2.75, 3.05) is 5.32 Å². The number of fused-ring (bicyclic) bond motifs is 1. The highest BCUT2D eigenvalue weighted by atomic mass is 16.4. The van der Waals surface area contributed by atoms with Crippen molar-refractivity contribution in [2.45, 2.75) is 13.0 Å². The van der Waals surface area contributed by atoms with Crippen molar-refractivity contribution in [1.82, 2.24) is 9.97 Å². The third-order valence-electron chi connectivity index (χ3n) is 3.83. The number of carbonyl (C=O) groups excluding carboxylic acids is 2. The van der Waals surface area contributed by atoms with E-state index in [0.29, 0.717) is 16.7 Å². The second-order valence-electron chi connectivity index (χ2n) is 5.88. The SMILES string of the molecule is CC(=O)[C@H](N=Nc1ccccc1C(=O)O)C(=O)Nc1ccc2[nH]c(=O)[nH]c2c1. The molecular weight excluding hydrogens is 366 g/mol. The van der Waals surface area contributed by atoms with Crippen LogP contribution in [0.4, 0.5) is 11.4 Å². The van der Waals surface area contributed by atoms with Crippen LogP contribution in [0.2, 0.25) is 0 Å². The predicted molar refractivity (Wildman–Crippen MR) is 99.9 cm³/mol. The summed E-state index contributed by atoms with van der Waals surface area (Å²) < 4.78 is 0. The number of aromatic amines is 2. The number of nitrogens with zero attached hydrogens (tertiary/aromatic N) is 2. The van der Waals surface area contributed by atoms with Crippen LogP contribution in [0, 0.1) is 0 Å². The van der Waals surface area contributed by atoms with Crippen LogP contribution in [0.25, 0.3) is 11.0 Å². The van der Waals surface area contributed by atoms with Gasteiger partial charge in [0.25, 0.3) is 5.91 Å². The molecule has 4 N–H and O–H groups in total. The Balaban J connectivity index is 1.83. The number of hydrogen-bond acceptors (Lipinski definition) is 6. The molecule has 0 aliphatic heterocycles. The highest BCUT2D eigenvalue weighted by molar-refractivity contribution is 6.10. The van der Waals surface area contributed by atoms with Crippen LogP contribution in [-0.2, 0) is 9.59 Å². The molecular formula is C18H15N5O5. The first-order valence-electron chi connectivity index (χ1n) is 8.11. The molecule has 3 aromatic rings. The second kappa shape index (κ2) is 7.66. The van der Waals surface area contributed by atoms with Gasteiger partial charge in [-0.15, -0.1) is 0 Å².